The van der Waals surface area contributed by atoms with E-state index in [2.05, 4.69) is 0 Å². The zero-order valence-corrected chi connectivity index (χ0v) is 9.00. The van der Waals surface area contributed by atoms with Gasteiger partial charge in [-0.05, 0) is 37.1 Å². The lowest BCUT2D eigenvalue weighted by molar-refractivity contribution is 0.0667. The van der Waals surface area contributed by atoms with Crippen molar-refractivity contribution in [2.75, 3.05) is 13.1 Å². The molecule has 1 atom stereocenters. The van der Waals surface area contributed by atoms with E-state index < -0.39 is 11.6 Å². The van der Waals surface area contributed by atoms with E-state index in [0.717, 1.165) is 25.5 Å². The van der Waals surface area contributed by atoms with Crippen LogP contribution in [0.5, 0.6) is 0 Å². The Kier molecular flexibility index (Phi) is 3.51. The van der Waals surface area contributed by atoms with Crippen LogP contribution in [0.4, 0.5) is 8.78 Å². The second kappa shape index (κ2) is 4.89. The van der Waals surface area contributed by atoms with Gasteiger partial charge in [-0.3, -0.25) is 4.90 Å². The molecule has 16 heavy (non-hydrogen) atoms. The molecule has 1 saturated heterocycles. The van der Waals surface area contributed by atoms with Crippen molar-refractivity contribution in [3.63, 3.8) is 0 Å². The van der Waals surface area contributed by atoms with Crippen LogP contribution in [0.3, 0.4) is 0 Å². The van der Waals surface area contributed by atoms with E-state index in [9.17, 15) is 13.9 Å². The molecular weight excluding hydrogens is 212 g/mol. The maximum atomic E-state index is 13.0. The summed E-state index contributed by atoms with van der Waals surface area (Å²) in [6.45, 7) is 1.94. The molecule has 1 aliphatic rings. The summed E-state index contributed by atoms with van der Waals surface area (Å²) in [6, 6.07) is 3.54. The minimum Gasteiger partial charge on any atom is -0.392 e. The fourth-order valence-corrected chi connectivity index (χ4v) is 2.14. The predicted molar refractivity (Wildman–Crippen MR) is 56.9 cm³/mol. The molecule has 0 aromatic heterocycles. The van der Waals surface area contributed by atoms with E-state index in [0.29, 0.717) is 18.7 Å². The summed E-state index contributed by atoms with van der Waals surface area (Å²) in [4.78, 5) is 2.02. The van der Waals surface area contributed by atoms with Gasteiger partial charge in [-0.25, -0.2) is 8.78 Å². The van der Waals surface area contributed by atoms with E-state index >= 15 is 0 Å². The molecule has 1 aliphatic heterocycles. The third kappa shape index (κ3) is 3.00. The van der Waals surface area contributed by atoms with E-state index in [1.54, 1.807) is 0 Å². The second-order valence-electron chi connectivity index (χ2n) is 4.31. The number of β-amino-alcohol motifs (C(OH)–C–C–N with tert-alkyl or cyclic N) is 1. The number of hydrogen-bond donors (Lipinski definition) is 1. The van der Waals surface area contributed by atoms with Crippen LogP contribution < -0.4 is 0 Å². The molecule has 2 rings (SSSR count). The molecule has 1 heterocycles. The molecule has 0 saturated carbocycles. The molecule has 1 aromatic carbocycles. The molecule has 0 bridgehead atoms. The van der Waals surface area contributed by atoms with Crippen LogP contribution in [-0.4, -0.2) is 29.2 Å². The second-order valence-corrected chi connectivity index (χ2v) is 4.31. The van der Waals surface area contributed by atoms with Crippen molar-refractivity contribution in [2.24, 2.45) is 0 Å². The summed E-state index contributed by atoms with van der Waals surface area (Å²) in [5.74, 6) is -1.10. The number of benzene rings is 1. The Bertz CT molecular complexity index is 350. The molecule has 88 valence electrons. The first-order chi connectivity index (χ1) is 7.63. The quantitative estimate of drug-likeness (QED) is 0.834. The molecule has 0 radical (unpaired) electrons. The fourth-order valence-electron chi connectivity index (χ4n) is 2.14. The Morgan fingerprint density at radius 1 is 1.25 bits per heavy atom. The average Bonchev–Trinajstić information content (AvgIpc) is 2.15. The van der Waals surface area contributed by atoms with Gasteiger partial charge in [0.1, 0.15) is 11.6 Å². The van der Waals surface area contributed by atoms with Gasteiger partial charge >= 0.3 is 0 Å². The van der Waals surface area contributed by atoms with Gasteiger partial charge in [-0.2, -0.15) is 0 Å². The number of rotatable bonds is 2. The van der Waals surface area contributed by atoms with Gasteiger partial charge in [0, 0.05) is 19.2 Å². The Balaban J connectivity index is 2.02. The third-order valence-electron chi connectivity index (χ3n) is 2.81. The van der Waals surface area contributed by atoms with Crippen LogP contribution >= 0.6 is 0 Å². The zero-order chi connectivity index (χ0) is 11.5. The highest BCUT2D eigenvalue weighted by atomic mass is 19.1. The predicted octanol–water partition coefficient (Wildman–Crippen LogP) is 1.92. The summed E-state index contributed by atoms with van der Waals surface area (Å²) in [6.07, 6.45) is 1.43. The van der Waals surface area contributed by atoms with E-state index in [1.807, 2.05) is 4.90 Å². The molecule has 1 N–H and O–H groups in total. The SMILES string of the molecule is OC1CCCN(Cc2cc(F)cc(F)c2)C1. The van der Waals surface area contributed by atoms with Crippen molar-refractivity contribution in [1.82, 2.24) is 4.90 Å². The Labute approximate surface area is 93.5 Å². The van der Waals surface area contributed by atoms with E-state index in [4.69, 9.17) is 0 Å². The molecule has 0 spiro atoms. The molecule has 1 unspecified atom stereocenters. The highest BCUT2D eigenvalue weighted by molar-refractivity contribution is 5.17. The van der Waals surface area contributed by atoms with Gasteiger partial charge in [0.05, 0.1) is 6.10 Å². The highest BCUT2D eigenvalue weighted by Crippen LogP contribution is 2.15. The lowest BCUT2D eigenvalue weighted by Crippen LogP contribution is -2.37. The summed E-state index contributed by atoms with van der Waals surface area (Å²) in [5, 5.41) is 9.48. The smallest absolute Gasteiger partial charge is 0.126 e. The minimum atomic E-state index is -0.549. The fraction of sp³-hybridized carbons (Fsp3) is 0.500. The van der Waals surface area contributed by atoms with Crippen molar-refractivity contribution in [3.05, 3.63) is 35.4 Å². The molecule has 0 amide bonds. The van der Waals surface area contributed by atoms with Gasteiger partial charge < -0.3 is 5.11 Å². The van der Waals surface area contributed by atoms with Gasteiger partial charge in [-0.1, -0.05) is 0 Å². The first-order valence-corrected chi connectivity index (χ1v) is 5.49. The van der Waals surface area contributed by atoms with Gasteiger partial charge in [0.25, 0.3) is 0 Å². The standard InChI is InChI=1S/C12H15F2NO/c13-10-4-9(5-11(14)6-10)7-15-3-1-2-12(16)8-15/h4-6,12,16H,1-3,7-8H2. The first-order valence-electron chi connectivity index (χ1n) is 5.49. The van der Waals surface area contributed by atoms with Crippen molar-refractivity contribution >= 4 is 0 Å². The number of aliphatic hydroxyl groups excluding tert-OH is 1. The Hall–Kier alpha value is -1.00. The first kappa shape index (κ1) is 11.5. The summed E-state index contributed by atoms with van der Waals surface area (Å²) >= 11 is 0. The number of hydrogen-bond acceptors (Lipinski definition) is 2. The van der Waals surface area contributed by atoms with Crippen molar-refractivity contribution in [2.45, 2.75) is 25.5 Å². The summed E-state index contributed by atoms with van der Waals surface area (Å²) in [7, 11) is 0. The summed E-state index contributed by atoms with van der Waals surface area (Å²) < 4.78 is 25.9. The molecule has 4 heteroatoms. The average molecular weight is 227 g/mol. The van der Waals surface area contributed by atoms with Gasteiger partial charge in [0.2, 0.25) is 0 Å². The van der Waals surface area contributed by atoms with Crippen LogP contribution in [0.25, 0.3) is 0 Å². The zero-order valence-electron chi connectivity index (χ0n) is 9.00. The lowest BCUT2D eigenvalue weighted by Gasteiger charge is -2.29. The van der Waals surface area contributed by atoms with Crippen LogP contribution in [0.1, 0.15) is 18.4 Å². The van der Waals surface area contributed by atoms with Crippen molar-refractivity contribution in [1.29, 1.82) is 0 Å². The largest absolute Gasteiger partial charge is 0.392 e. The van der Waals surface area contributed by atoms with Gasteiger partial charge in [0.15, 0.2) is 0 Å². The van der Waals surface area contributed by atoms with Gasteiger partial charge in [-0.15, -0.1) is 0 Å². The van der Waals surface area contributed by atoms with Crippen LogP contribution in [0.15, 0.2) is 18.2 Å². The van der Waals surface area contributed by atoms with Crippen LogP contribution in [0, 0.1) is 11.6 Å². The third-order valence-corrected chi connectivity index (χ3v) is 2.81. The maximum absolute atomic E-state index is 13.0. The Morgan fingerprint density at radius 3 is 2.56 bits per heavy atom. The molecular formula is C12H15F2NO. The molecule has 1 fully saturated rings. The number of aliphatic hydroxyl groups is 1. The maximum Gasteiger partial charge on any atom is 0.126 e. The summed E-state index contributed by atoms with van der Waals surface area (Å²) in [5.41, 5.74) is 0.617. The number of piperidine rings is 1. The van der Waals surface area contributed by atoms with Crippen LogP contribution in [-0.2, 0) is 6.54 Å². The lowest BCUT2D eigenvalue weighted by atomic mass is 10.1. The minimum absolute atomic E-state index is 0.313. The highest BCUT2D eigenvalue weighted by Gasteiger charge is 2.17. The van der Waals surface area contributed by atoms with Crippen molar-refractivity contribution < 1.29 is 13.9 Å². The van der Waals surface area contributed by atoms with Crippen LogP contribution in [0.2, 0.25) is 0 Å². The van der Waals surface area contributed by atoms with Crippen molar-refractivity contribution in [3.8, 4) is 0 Å². The van der Waals surface area contributed by atoms with E-state index in [1.165, 1.54) is 12.1 Å². The molecule has 1 aromatic rings. The number of likely N-dealkylation sites (tertiary alicyclic amines) is 1. The Morgan fingerprint density at radius 2 is 1.94 bits per heavy atom. The van der Waals surface area contributed by atoms with E-state index in [-0.39, 0.29) is 6.10 Å². The molecule has 0 aliphatic carbocycles. The number of halogens is 2. The normalized spacial score (nSPS) is 22.3. The number of nitrogens with zero attached hydrogens (tertiary/aromatic N) is 1. The topological polar surface area (TPSA) is 23.5 Å². The monoisotopic (exact) mass is 227 g/mol. The molecule has 2 nitrogen and oxygen atoms in total.